The average molecular weight is 439 g/mol. The molecular weight excluding hydrogens is 433 g/mol. The molecule has 3 N–H and O–H groups in total. The van der Waals surface area contributed by atoms with E-state index >= 15 is 0 Å². The fraction of sp³-hybridized carbons (Fsp3) is 0.167. The van der Waals surface area contributed by atoms with Gasteiger partial charge in [-0.05, 0) is 12.1 Å². The minimum atomic E-state index is -6.77. The molecule has 0 bridgehead atoms. The van der Waals surface area contributed by atoms with Crippen LogP contribution in [0, 0.1) is 10.7 Å². The van der Waals surface area contributed by atoms with E-state index in [1.54, 1.807) is 5.10 Å². The number of nitrogens with two attached hydrogens (primary N) is 1. The minimum absolute atomic E-state index is 0.0868. The molecule has 142 valence electrons. The smallest absolute Gasteiger partial charge is 0.398 e. The Morgan fingerprint density at radius 1 is 1.19 bits per heavy atom. The molecule has 0 spiro atoms. The van der Waals surface area contributed by atoms with Crippen molar-refractivity contribution in [3.8, 4) is 5.40 Å². The zero-order valence-corrected chi connectivity index (χ0v) is 14.4. The molecule has 0 aliphatic rings. The summed E-state index contributed by atoms with van der Waals surface area (Å²) in [5.41, 5.74) is -3.57. The van der Waals surface area contributed by atoms with E-state index in [1.165, 1.54) is 0 Å². The Morgan fingerprint density at radius 2 is 1.77 bits per heavy atom. The normalized spacial score (nSPS) is 14.5. The number of thiocyanates is 1. The van der Waals surface area contributed by atoms with Gasteiger partial charge in [-0.3, -0.25) is 5.10 Å². The van der Waals surface area contributed by atoms with E-state index in [0.717, 1.165) is 6.20 Å². The van der Waals surface area contributed by atoms with Crippen LogP contribution in [-0.2, 0) is 15.2 Å². The van der Waals surface area contributed by atoms with Crippen molar-refractivity contribution in [3.63, 3.8) is 0 Å². The van der Waals surface area contributed by atoms with Crippen LogP contribution in [0.25, 0.3) is 0 Å². The molecule has 5 nitrogen and oxygen atoms in total. The first-order valence-electron chi connectivity index (χ1n) is 6.19. The molecule has 0 unspecified atom stereocenters. The van der Waals surface area contributed by atoms with Crippen LogP contribution >= 0.6 is 23.2 Å². The first kappa shape index (κ1) is 20.3. The second kappa shape index (κ2) is 5.77. The molecule has 0 aliphatic carbocycles. The molecule has 0 fully saturated rings. The van der Waals surface area contributed by atoms with E-state index in [2.05, 4.69) is 5.10 Å². The molecule has 1 heterocycles. The lowest BCUT2D eigenvalue weighted by atomic mass is 10.1. The van der Waals surface area contributed by atoms with E-state index < -0.39 is 52.0 Å². The molecule has 0 radical (unpaired) electrons. The van der Waals surface area contributed by atoms with Crippen LogP contribution in [0.5, 0.6) is 0 Å². The zero-order valence-electron chi connectivity index (χ0n) is 12.0. The molecule has 0 atom stereocenters. The number of nitrogens with one attached hydrogen (secondary N) is 1. The van der Waals surface area contributed by atoms with Crippen LogP contribution in [-0.4, -0.2) is 19.9 Å². The van der Waals surface area contributed by atoms with Gasteiger partial charge in [0.1, 0.15) is 14.1 Å². The van der Waals surface area contributed by atoms with Crippen molar-refractivity contribution >= 4 is 38.0 Å². The number of halogens is 8. The van der Waals surface area contributed by atoms with Crippen LogP contribution < -0.4 is 5.73 Å². The van der Waals surface area contributed by atoms with Gasteiger partial charge >= 0.3 is 11.7 Å². The Balaban J connectivity index is 3.10. The highest BCUT2D eigenvalue weighted by Crippen LogP contribution is 2.58. The summed E-state index contributed by atoms with van der Waals surface area (Å²) in [5, 5.41) is 11.0. The minimum Gasteiger partial charge on any atom is -0.398 e. The summed E-state index contributed by atoms with van der Waals surface area (Å²) in [6.07, 6.45) is -4.38. The third kappa shape index (κ3) is 2.45. The topological polar surface area (TPSA) is 95.6 Å². The molecular formula is C12H6Cl2F6N4OS. The maximum absolute atomic E-state index is 13.9. The first-order chi connectivity index (χ1) is 11.7. The van der Waals surface area contributed by atoms with Crippen molar-refractivity contribution in [2.45, 2.75) is 21.6 Å². The molecule has 2 aromatic rings. The number of anilines is 1. The van der Waals surface area contributed by atoms with Crippen LogP contribution in [0.1, 0.15) is 5.56 Å². The van der Waals surface area contributed by atoms with Crippen molar-refractivity contribution < 1.29 is 30.6 Å². The van der Waals surface area contributed by atoms with Crippen LogP contribution in [0.4, 0.5) is 32.0 Å². The fourth-order valence-corrected chi connectivity index (χ4v) is 5.51. The van der Waals surface area contributed by atoms with Gasteiger partial charge in [0.05, 0.1) is 20.5 Å². The maximum atomic E-state index is 13.9. The highest BCUT2D eigenvalue weighted by Gasteiger charge is 2.66. The SMILES string of the molecule is N#CS(=O)(c1ccn[nH]1)(c1cc(N)c(C(F)(F)F)c(Cl)c1Cl)C(F)(F)F. The number of nitrogens with zero attached hydrogens (tertiary/aromatic N) is 2. The second-order valence-electron chi connectivity index (χ2n) is 4.87. The summed E-state index contributed by atoms with van der Waals surface area (Å²) in [4.78, 5) is -1.50. The first-order valence-corrected chi connectivity index (χ1v) is 8.91. The fourth-order valence-electron chi connectivity index (χ4n) is 2.17. The quantitative estimate of drug-likeness (QED) is 0.408. The maximum Gasteiger partial charge on any atom is 0.472 e. The van der Waals surface area contributed by atoms with Crippen molar-refractivity contribution in [2.75, 3.05) is 5.73 Å². The Labute approximate surface area is 151 Å². The molecule has 0 amide bonds. The molecule has 2 rings (SSSR count). The van der Waals surface area contributed by atoms with Crippen LogP contribution in [0.3, 0.4) is 0 Å². The molecule has 0 saturated heterocycles. The predicted octanol–water partition coefficient (Wildman–Crippen LogP) is 4.56. The van der Waals surface area contributed by atoms with E-state index in [1.807, 2.05) is 0 Å². The zero-order chi connectivity index (χ0) is 20.2. The molecule has 0 aliphatic heterocycles. The Kier molecular flexibility index (Phi) is 4.51. The van der Waals surface area contributed by atoms with Crippen molar-refractivity contribution in [3.05, 3.63) is 33.9 Å². The van der Waals surface area contributed by atoms with Gasteiger partial charge in [0.2, 0.25) is 0 Å². The lowest BCUT2D eigenvalue weighted by molar-refractivity contribution is -0.136. The third-order valence-electron chi connectivity index (χ3n) is 3.42. The number of aromatic amines is 1. The number of benzene rings is 1. The van der Waals surface area contributed by atoms with Gasteiger partial charge in [0, 0.05) is 11.9 Å². The van der Waals surface area contributed by atoms with E-state index in [-0.39, 0.29) is 6.07 Å². The van der Waals surface area contributed by atoms with Gasteiger partial charge in [-0.2, -0.15) is 36.7 Å². The van der Waals surface area contributed by atoms with E-state index in [9.17, 15) is 35.8 Å². The van der Waals surface area contributed by atoms with Crippen molar-refractivity contribution in [2.24, 2.45) is 0 Å². The van der Waals surface area contributed by atoms with E-state index in [4.69, 9.17) is 28.9 Å². The molecule has 0 saturated carbocycles. The average Bonchev–Trinajstić information content (AvgIpc) is 3.03. The molecule has 14 heteroatoms. The van der Waals surface area contributed by atoms with Gasteiger partial charge in [-0.15, -0.1) is 0 Å². The standard InChI is InChI=1S/C12H6Cl2F6N4OS/c13-9-6(3-5(22)8(10(9)14)11(15,16)17)26(25,4-21,12(18,19)20)7-1-2-23-24-7/h1-3H,22H2,(H,23,24). The lowest BCUT2D eigenvalue weighted by Gasteiger charge is -2.37. The Bertz CT molecular complexity index is 980. The number of H-pyrrole nitrogens is 1. The second-order valence-corrected chi connectivity index (χ2v) is 9.04. The number of nitriles is 1. The summed E-state index contributed by atoms with van der Waals surface area (Å²) in [6.45, 7) is 0. The summed E-state index contributed by atoms with van der Waals surface area (Å²) in [7, 11) is -6.77. The Morgan fingerprint density at radius 3 is 2.15 bits per heavy atom. The van der Waals surface area contributed by atoms with Crippen molar-refractivity contribution in [1.29, 1.82) is 5.26 Å². The monoisotopic (exact) mass is 438 g/mol. The van der Waals surface area contributed by atoms with Crippen molar-refractivity contribution in [1.82, 2.24) is 10.2 Å². The van der Waals surface area contributed by atoms with Gasteiger partial charge < -0.3 is 5.73 Å². The summed E-state index contributed by atoms with van der Waals surface area (Å²) in [5.74, 6) is 0. The number of rotatable bonds is 2. The van der Waals surface area contributed by atoms with Crippen LogP contribution in [0.2, 0.25) is 10.0 Å². The number of aromatic nitrogens is 2. The van der Waals surface area contributed by atoms with Gasteiger partial charge in [-0.25, -0.2) is 4.21 Å². The van der Waals surface area contributed by atoms with Gasteiger partial charge in [-0.1, -0.05) is 23.2 Å². The molecule has 1 aromatic carbocycles. The highest BCUT2D eigenvalue weighted by atomic mass is 35.5. The third-order valence-corrected chi connectivity index (χ3v) is 7.86. The Hall–Kier alpha value is -1.97. The molecule has 1 aromatic heterocycles. The van der Waals surface area contributed by atoms with Gasteiger partial charge in [0.15, 0.2) is 5.40 Å². The lowest BCUT2D eigenvalue weighted by Crippen LogP contribution is -2.47. The number of nitrogen functional groups attached to an aromatic ring is 1. The largest absolute Gasteiger partial charge is 0.472 e. The summed E-state index contributed by atoms with van der Waals surface area (Å²) >= 11 is 11.1. The van der Waals surface area contributed by atoms with E-state index in [0.29, 0.717) is 11.5 Å². The summed E-state index contributed by atoms with van der Waals surface area (Å²) in [6, 6.07) is 0.674. The number of alkyl halides is 6. The van der Waals surface area contributed by atoms with Gasteiger partial charge in [0.25, 0.3) is 0 Å². The number of hydrogen-bond acceptors (Lipinski definition) is 4. The highest BCUT2D eigenvalue weighted by molar-refractivity contribution is 8.24. The molecule has 26 heavy (non-hydrogen) atoms. The van der Waals surface area contributed by atoms with Crippen LogP contribution in [0.15, 0.2) is 28.3 Å². The summed E-state index contributed by atoms with van der Waals surface area (Å²) < 4.78 is 94.0. The number of hydrogen-bond donors (Lipinski definition) is 2. The predicted molar refractivity (Wildman–Crippen MR) is 80.8 cm³/mol.